The van der Waals surface area contributed by atoms with Gasteiger partial charge in [0.15, 0.2) is 0 Å². The number of fused-ring (bicyclic) bond motifs is 1. The number of allylic oxidation sites excluding steroid dienone is 4. The molecule has 2 rings (SSSR count). The summed E-state index contributed by atoms with van der Waals surface area (Å²) < 4.78 is 0. The van der Waals surface area contributed by atoms with Gasteiger partial charge in [0, 0.05) is 0 Å². The molecular formula is C13H20. The average Bonchev–Trinajstić information content (AvgIpc) is 2.17. The van der Waals surface area contributed by atoms with Crippen LogP contribution in [0.3, 0.4) is 0 Å². The van der Waals surface area contributed by atoms with Crippen molar-refractivity contribution in [3.05, 3.63) is 24.3 Å². The van der Waals surface area contributed by atoms with Gasteiger partial charge in [-0.15, -0.1) is 0 Å². The van der Waals surface area contributed by atoms with E-state index in [0.29, 0.717) is 0 Å². The quantitative estimate of drug-likeness (QED) is 0.533. The Morgan fingerprint density at radius 2 is 1.92 bits per heavy atom. The topological polar surface area (TPSA) is 0 Å². The lowest BCUT2D eigenvalue weighted by Gasteiger charge is -2.33. The summed E-state index contributed by atoms with van der Waals surface area (Å²) in [4.78, 5) is 0. The third-order valence-corrected chi connectivity index (χ3v) is 3.61. The van der Waals surface area contributed by atoms with Crippen molar-refractivity contribution in [1.82, 2.24) is 0 Å². The highest BCUT2D eigenvalue weighted by molar-refractivity contribution is 5.10. The summed E-state index contributed by atoms with van der Waals surface area (Å²) in [5, 5.41) is 0. The first-order chi connectivity index (χ1) is 6.27. The first-order valence-corrected chi connectivity index (χ1v) is 5.62. The smallest absolute Gasteiger partial charge is 0.0165 e. The van der Waals surface area contributed by atoms with Crippen LogP contribution in [0.1, 0.15) is 33.1 Å². The molecule has 3 unspecified atom stereocenters. The maximum absolute atomic E-state index is 2.47. The monoisotopic (exact) mass is 176 g/mol. The second kappa shape index (κ2) is 3.69. The zero-order valence-corrected chi connectivity index (χ0v) is 8.74. The molecule has 0 spiro atoms. The van der Waals surface area contributed by atoms with Gasteiger partial charge in [0.25, 0.3) is 0 Å². The van der Waals surface area contributed by atoms with Crippen LogP contribution in [0.5, 0.6) is 0 Å². The Morgan fingerprint density at radius 3 is 2.69 bits per heavy atom. The van der Waals surface area contributed by atoms with Crippen LogP contribution in [0, 0.1) is 23.7 Å². The van der Waals surface area contributed by atoms with Gasteiger partial charge in [-0.3, -0.25) is 0 Å². The zero-order chi connectivity index (χ0) is 9.26. The summed E-state index contributed by atoms with van der Waals surface area (Å²) >= 11 is 0. The maximum atomic E-state index is 2.47. The van der Waals surface area contributed by atoms with Crippen molar-refractivity contribution < 1.29 is 0 Å². The Bertz CT molecular complexity index is 222. The van der Waals surface area contributed by atoms with E-state index in [1.807, 2.05) is 0 Å². The SMILES string of the molecule is CC(C)C1C=CC2CCC=CC2C1. The number of hydrogen-bond donors (Lipinski definition) is 0. The molecule has 0 N–H and O–H groups in total. The third kappa shape index (κ3) is 1.87. The van der Waals surface area contributed by atoms with Gasteiger partial charge in [0.1, 0.15) is 0 Å². The van der Waals surface area contributed by atoms with Crippen molar-refractivity contribution in [2.75, 3.05) is 0 Å². The molecule has 0 nitrogen and oxygen atoms in total. The predicted octanol–water partition coefficient (Wildman–Crippen LogP) is 3.80. The predicted molar refractivity (Wildman–Crippen MR) is 57.4 cm³/mol. The molecule has 2 aliphatic carbocycles. The summed E-state index contributed by atoms with van der Waals surface area (Å²) in [6.45, 7) is 4.67. The average molecular weight is 176 g/mol. The van der Waals surface area contributed by atoms with Crippen LogP contribution in [-0.4, -0.2) is 0 Å². The van der Waals surface area contributed by atoms with Crippen molar-refractivity contribution in [3.63, 3.8) is 0 Å². The number of rotatable bonds is 1. The molecule has 0 aromatic rings. The molecule has 0 aromatic heterocycles. The van der Waals surface area contributed by atoms with E-state index < -0.39 is 0 Å². The molecule has 0 amide bonds. The fourth-order valence-electron chi connectivity index (χ4n) is 2.58. The molecule has 0 fully saturated rings. The molecule has 0 saturated heterocycles. The lowest BCUT2D eigenvalue weighted by atomic mass is 9.72. The highest BCUT2D eigenvalue weighted by atomic mass is 14.3. The lowest BCUT2D eigenvalue weighted by molar-refractivity contribution is 0.298. The van der Waals surface area contributed by atoms with Gasteiger partial charge in [-0.2, -0.15) is 0 Å². The van der Waals surface area contributed by atoms with Gasteiger partial charge >= 0.3 is 0 Å². The van der Waals surface area contributed by atoms with Crippen molar-refractivity contribution in [2.24, 2.45) is 23.7 Å². The van der Waals surface area contributed by atoms with Crippen molar-refractivity contribution in [2.45, 2.75) is 33.1 Å². The van der Waals surface area contributed by atoms with Gasteiger partial charge in [0.2, 0.25) is 0 Å². The highest BCUT2D eigenvalue weighted by Crippen LogP contribution is 2.37. The summed E-state index contributed by atoms with van der Waals surface area (Å²) in [6.07, 6.45) is 13.8. The minimum atomic E-state index is 0.813. The van der Waals surface area contributed by atoms with Crippen LogP contribution in [0.2, 0.25) is 0 Å². The van der Waals surface area contributed by atoms with Gasteiger partial charge in [-0.1, -0.05) is 38.2 Å². The summed E-state index contributed by atoms with van der Waals surface area (Å²) in [5.74, 6) is 3.35. The normalized spacial score (nSPS) is 37.9. The van der Waals surface area contributed by atoms with E-state index in [1.54, 1.807) is 0 Å². The molecule has 0 heterocycles. The molecule has 0 radical (unpaired) electrons. The summed E-state index contributed by atoms with van der Waals surface area (Å²) in [7, 11) is 0. The second-order valence-corrected chi connectivity index (χ2v) is 4.86. The maximum Gasteiger partial charge on any atom is -0.0165 e. The minimum Gasteiger partial charge on any atom is -0.0882 e. The van der Waals surface area contributed by atoms with E-state index in [9.17, 15) is 0 Å². The van der Waals surface area contributed by atoms with Gasteiger partial charge < -0.3 is 0 Å². The van der Waals surface area contributed by atoms with E-state index in [-0.39, 0.29) is 0 Å². The first-order valence-electron chi connectivity index (χ1n) is 5.62. The Balaban J connectivity index is 2.08. The Hall–Kier alpha value is -0.520. The van der Waals surface area contributed by atoms with Crippen molar-refractivity contribution >= 4 is 0 Å². The van der Waals surface area contributed by atoms with Crippen molar-refractivity contribution in [1.29, 1.82) is 0 Å². The third-order valence-electron chi connectivity index (χ3n) is 3.61. The van der Waals surface area contributed by atoms with Crippen LogP contribution < -0.4 is 0 Å². The van der Waals surface area contributed by atoms with Crippen LogP contribution in [-0.2, 0) is 0 Å². The molecule has 0 bridgehead atoms. The molecule has 0 heteroatoms. The molecule has 0 aromatic carbocycles. The van der Waals surface area contributed by atoms with Crippen LogP contribution in [0.15, 0.2) is 24.3 Å². The van der Waals surface area contributed by atoms with Gasteiger partial charge in [-0.25, -0.2) is 0 Å². The highest BCUT2D eigenvalue weighted by Gasteiger charge is 2.26. The fourth-order valence-corrected chi connectivity index (χ4v) is 2.58. The van der Waals surface area contributed by atoms with Crippen LogP contribution in [0.25, 0.3) is 0 Å². The first kappa shape index (κ1) is 9.05. The van der Waals surface area contributed by atoms with Gasteiger partial charge in [0.05, 0.1) is 0 Å². The molecule has 72 valence electrons. The largest absolute Gasteiger partial charge is 0.0882 e. The molecule has 13 heavy (non-hydrogen) atoms. The minimum absolute atomic E-state index is 0.813. The van der Waals surface area contributed by atoms with Gasteiger partial charge in [-0.05, 0) is 42.9 Å². The molecule has 0 saturated carbocycles. The Kier molecular flexibility index (Phi) is 2.57. The molecule has 0 aliphatic heterocycles. The Labute approximate surface area is 81.7 Å². The molecule has 2 aliphatic rings. The standard InChI is InChI=1S/C13H20/c1-10(2)12-8-7-11-5-3-4-6-13(11)9-12/h4,6-8,10-13H,3,5,9H2,1-2H3. The number of hydrogen-bond acceptors (Lipinski definition) is 0. The molecular weight excluding hydrogens is 156 g/mol. The Morgan fingerprint density at radius 1 is 1.08 bits per heavy atom. The van der Waals surface area contributed by atoms with E-state index in [0.717, 1.165) is 23.7 Å². The lowest BCUT2D eigenvalue weighted by Crippen LogP contribution is -2.23. The van der Waals surface area contributed by atoms with Crippen LogP contribution in [0.4, 0.5) is 0 Å². The van der Waals surface area contributed by atoms with E-state index in [4.69, 9.17) is 0 Å². The van der Waals surface area contributed by atoms with Crippen molar-refractivity contribution in [3.8, 4) is 0 Å². The summed E-state index contributed by atoms with van der Waals surface area (Å²) in [6, 6.07) is 0. The van der Waals surface area contributed by atoms with E-state index in [2.05, 4.69) is 38.2 Å². The van der Waals surface area contributed by atoms with E-state index in [1.165, 1.54) is 19.3 Å². The second-order valence-electron chi connectivity index (χ2n) is 4.86. The zero-order valence-electron chi connectivity index (χ0n) is 8.74. The van der Waals surface area contributed by atoms with E-state index >= 15 is 0 Å². The summed E-state index contributed by atoms with van der Waals surface area (Å²) in [5.41, 5.74) is 0. The fraction of sp³-hybridized carbons (Fsp3) is 0.692. The molecule has 3 atom stereocenters. The van der Waals surface area contributed by atoms with Crippen LogP contribution >= 0.6 is 0 Å².